The predicted molar refractivity (Wildman–Crippen MR) is 158 cm³/mol. The molecule has 3 aromatic rings. The summed E-state index contributed by atoms with van der Waals surface area (Å²) in [6, 6.07) is 11.3. The number of aryl methyl sites for hydroxylation is 2. The quantitative estimate of drug-likeness (QED) is 0.425. The van der Waals surface area contributed by atoms with Gasteiger partial charge in [0.15, 0.2) is 0 Å². The van der Waals surface area contributed by atoms with E-state index in [1.54, 1.807) is 12.3 Å². The standard InChI is InChI=1S/C30H36Cl2N6O2/c1-20-13-21(2)15-23(14-20)30(40)37-11-12-38(27(18-37)22-3-4-25(31)26(32)16-22)29(39)17-35-24-5-9-36(10-6-24)19-28-33-7-8-34-28/h3-4,7-8,13-16,24,27,35H,5-6,9-12,17-19H2,1-2H3,(H,33,34)/t27-/m0/s1. The lowest BCUT2D eigenvalue weighted by molar-refractivity contribution is -0.135. The van der Waals surface area contributed by atoms with Gasteiger partial charge in [0.25, 0.3) is 5.91 Å². The van der Waals surface area contributed by atoms with E-state index >= 15 is 0 Å². The second kappa shape index (κ2) is 12.7. The summed E-state index contributed by atoms with van der Waals surface area (Å²) in [4.78, 5) is 40.6. The minimum absolute atomic E-state index is 0.0209. The Labute approximate surface area is 245 Å². The largest absolute Gasteiger partial charge is 0.348 e. The van der Waals surface area contributed by atoms with Gasteiger partial charge in [-0.25, -0.2) is 4.98 Å². The number of halogens is 2. The Bertz CT molecular complexity index is 1320. The molecule has 8 nitrogen and oxygen atoms in total. The zero-order valence-corrected chi connectivity index (χ0v) is 24.5. The summed E-state index contributed by atoms with van der Waals surface area (Å²) in [7, 11) is 0. The summed E-state index contributed by atoms with van der Waals surface area (Å²) in [5.41, 5.74) is 3.64. The number of H-pyrrole nitrogens is 1. The number of aromatic amines is 1. The van der Waals surface area contributed by atoms with Crippen LogP contribution in [-0.4, -0.2) is 81.8 Å². The number of carbonyl (C=O) groups is 2. The van der Waals surface area contributed by atoms with Crippen molar-refractivity contribution >= 4 is 35.0 Å². The molecule has 1 atom stereocenters. The van der Waals surface area contributed by atoms with Crippen LogP contribution in [0.3, 0.4) is 0 Å². The van der Waals surface area contributed by atoms with E-state index < -0.39 is 0 Å². The average Bonchev–Trinajstić information content (AvgIpc) is 3.46. The number of nitrogens with zero attached hydrogens (tertiary/aromatic N) is 4. The van der Waals surface area contributed by atoms with Crippen LogP contribution in [0.25, 0.3) is 0 Å². The van der Waals surface area contributed by atoms with Crippen LogP contribution in [0.5, 0.6) is 0 Å². The molecule has 3 heterocycles. The van der Waals surface area contributed by atoms with Crippen LogP contribution in [0.2, 0.25) is 10.0 Å². The molecule has 0 radical (unpaired) electrons. The monoisotopic (exact) mass is 582 g/mol. The van der Waals surface area contributed by atoms with E-state index in [4.69, 9.17) is 23.2 Å². The Hall–Kier alpha value is -2.91. The van der Waals surface area contributed by atoms with Gasteiger partial charge in [-0.3, -0.25) is 14.5 Å². The molecule has 2 amide bonds. The van der Waals surface area contributed by atoms with Crippen molar-refractivity contribution in [1.82, 2.24) is 30.0 Å². The maximum absolute atomic E-state index is 13.6. The van der Waals surface area contributed by atoms with E-state index in [9.17, 15) is 9.59 Å². The molecular weight excluding hydrogens is 547 g/mol. The van der Waals surface area contributed by atoms with Crippen molar-refractivity contribution in [2.24, 2.45) is 0 Å². The van der Waals surface area contributed by atoms with Crippen LogP contribution in [-0.2, 0) is 11.3 Å². The van der Waals surface area contributed by atoms with Gasteiger partial charge >= 0.3 is 0 Å². The lowest BCUT2D eigenvalue weighted by Crippen LogP contribution is -2.54. The number of piperazine rings is 1. The highest BCUT2D eigenvalue weighted by Gasteiger charge is 2.34. The lowest BCUT2D eigenvalue weighted by atomic mass is 10.00. The van der Waals surface area contributed by atoms with E-state index in [1.165, 1.54) is 0 Å². The molecule has 10 heteroatoms. The predicted octanol–water partition coefficient (Wildman–Crippen LogP) is 4.61. The number of aromatic nitrogens is 2. The average molecular weight is 584 g/mol. The molecule has 5 rings (SSSR count). The lowest BCUT2D eigenvalue weighted by Gasteiger charge is -2.42. The first kappa shape index (κ1) is 28.6. The molecule has 1 aromatic heterocycles. The van der Waals surface area contributed by atoms with Crippen LogP contribution in [0.4, 0.5) is 0 Å². The van der Waals surface area contributed by atoms with E-state index in [0.29, 0.717) is 35.2 Å². The highest BCUT2D eigenvalue weighted by atomic mass is 35.5. The first-order valence-electron chi connectivity index (χ1n) is 13.8. The number of imidazole rings is 1. The van der Waals surface area contributed by atoms with Crippen LogP contribution in [0.1, 0.15) is 51.8 Å². The molecule has 2 fully saturated rings. The molecule has 0 spiro atoms. The minimum atomic E-state index is -0.317. The van der Waals surface area contributed by atoms with Gasteiger partial charge < -0.3 is 20.1 Å². The van der Waals surface area contributed by atoms with Crippen LogP contribution >= 0.6 is 23.2 Å². The highest BCUT2D eigenvalue weighted by molar-refractivity contribution is 6.42. The fraction of sp³-hybridized carbons (Fsp3) is 0.433. The Morgan fingerprint density at radius 1 is 1.00 bits per heavy atom. The number of piperidine rings is 1. The smallest absolute Gasteiger partial charge is 0.254 e. The SMILES string of the molecule is Cc1cc(C)cc(C(=O)N2CCN(C(=O)CNC3CCN(Cc4ncc[nH]4)CC3)[C@H](c3ccc(Cl)c(Cl)c3)C2)c1. The Kier molecular flexibility index (Phi) is 9.10. The number of likely N-dealkylation sites (tertiary alicyclic amines) is 1. The second-order valence-corrected chi connectivity index (χ2v) is 11.7. The third kappa shape index (κ3) is 6.86. The summed E-state index contributed by atoms with van der Waals surface area (Å²) in [6.07, 6.45) is 5.57. The van der Waals surface area contributed by atoms with Crippen molar-refractivity contribution < 1.29 is 9.59 Å². The van der Waals surface area contributed by atoms with Gasteiger partial charge in [0.2, 0.25) is 5.91 Å². The zero-order chi connectivity index (χ0) is 28.2. The number of rotatable bonds is 7. The summed E-state index contributed by atoms with van der Waals surface area (Å²) < 4.78 is 0. The van der Waals surface area contributed by atoms with Gasteiger partial charge in [0.05, 0.1) is 29.2 Å². The normalized spacial score (nSPS) is 18.8. The molecule has 40 heavy (non-hydrogen) atoms. The molecule has 212 valence electrons. The summed E-state index contributed by atoms with van der Waals surface area (Å²) in [5, 5.41) is 4.39. The molecular formula is C30H36Cl2N6O2. The number of benzene rings is 2. The van der Waals surface area contributed by atoms with Crippen molar-refractivity contribution in [1.29, 1.82) is 0 Å². The van der Waals surface area contributed by atoms with Crippen molar-refractivity contribution in [2.45, 2.75) is 45.3 Å². The molecule has 0 aliphatic carbocycles. The third-order valence-corrected chi connectivity index (χ3v) is 8.58. The molecule has 0 saturated carbocycles. The van der Waals surface area contributed by atoms with Gasteiger partial charge in [-0.05, 0) is 56.5 Å². The van der Waals surface area contributed by atoms with Gasteiger partial charge in [0.1, 0.15) is 5.82 Å². The maximum atomic E-state index is 13.6. The van der Waals surface area contributed by atoms with E-state index in [2.05, 4.69) is 26.3 Å². The van der Waals surface area contributed by atoms with Crippen molar-refractivity contribution in [3.8, 4) is 0 Å². The van der Waals surface area contributed by atoms with Crippen molar-refractivity contribution in [3.63, 3.8) is 0 Å². The summed E-state index contributed by atoms with van der Waals surface area (Å²) >= 11 is 12.6. The van der Waals surface area contributed by atoms with Crippen molar-refractivity contribution in [2.75, 3.05) is 39.3 Å². The fourth-order valence-corrected chi connectivity index (χ4v) is 6.08. The number of amides is 2. The molecule has 0 bridgehead atoms. The zero-order valence-electron chi connectivity index (χ0n) is 23.0. The maximum Gasteiger partial charge on any atom is 0.254 e. The van der Waals surface area contributed by atoms with E-state index in [0.717, 1.165) is 55.0 Å². The Morgan fingerprint density at radius 3 is 2.42 bits per heavy atom. The molecule has 2 aliphatic rings. The topological polar surface area (TPSA) is 84.6 Å². The Balaban J connectivity index is 1.24. The molecule has 2 N–H and O–H groups in total. The van der Waals surface area contributed by atoms with Gasteiger partial charge in [-0.2, -0.15) is 0 Å². The molecule has 2 aromatic carbocycles. The van der Waals surface area contributed by atoms with E-state index in [1.807, 2.05) is 54.1 Å². The first-order valence-corrected chi connectivity index (χ1v) is 14.6. The van der Waals surface area contributed by atoms with Gasteiger partial charge in [0, 0.05) is 56.7 Å². The summed E-state index contributed by atoms with van der Waals surface area (Å²) in [5.74, 6) is 0.973. The number of carbonyl (C=O) groups excluding carboxylic acids is 2. The number of nitrogens with one attached hydrogen (secondary N) is 2. The number of hydrogen-bond donors (Lipinski definition) is 2. The molecule has 2 aliphatic heterocycles. The minimum Gasteiger partial charge on any atom is -0.348 e. The van der Waals surface area contributed by atoms with Crippen molar-refractivity contribution in [3.05, 3.63) is 86.9 Å². The Morgan fingerprint density at radius 2 is 1.75 bits per heavy atom. The van der Waals surface area contributed by atoms with Gasteiger partial charge in [-0.15, -0.1) is 0 Å². The van der Waals surface area contributed by atoms with Crippen LogP contribution in [0.15, 0.2) is 48.8 Å². The van der Waals surface area contributed by atoms with E-state index in [-0.39, 0.29) is 30.4 Å². The third-order valence-electron chi connectivity index (χ3n) is 7.84. The van der Waals surface area contributed by atoms with Crippen LogP contribution < -0.4 is 5.32 Å². The number of hydrogen-bond acceptors (Lipinski definition) is 5. The summed E-state index contributed by atoms with van der Waals surface area (Å²) in [6.45, 7) is 8.28. The molecule has 0 unspecified atom stereocenters. The molecule has 2 saturated heterocycles. The second-order valence-electron chi connectivity index (χ2n) is 10.9. The fourth-order valence-electron chi connectivity index (χ4n) is 5.78. The van der Waals surface area contributed by atoms with Gasteiger partial charge in [-0.1, -0.05) is 46.5 Å². The van der Waals surface area contributed by atoms with Crippen LogP contribution in [0, 0.1) is 13.8 Å². The first-order chi connectivity index (χ1) is 19.3. The highest BCUT2D eigenvalue weighted by Crippen LogP contribution is 2.31.